The second kappa shape index (κ2) is 7.46. The van der Waals surface area contributed by atoms with Crippen molar-refractivity contribution < 1.29 is 4.74 Å². The molecule has 0 amide bonds. The van der Waals surface area contributed by atoms with Crippen molar-refractivity contribution >= 4 is 15.9 Å². The lowest BCUT2D eigenvalue weighted by Gasteiger charge is -2.32. The van der Waals surface area contributed by atoms with Gasteiger partial charge in [0.25, 0.3) is 0 Å². The van der Waals surface area contributed by atoms with Crippen LogP contribution in [-0.2, 0) is 0 Å². The summed E-state index contributed by atoms with van der Waals surface area (Å²) in [5.74, 6) is 1.76. The number of benzene rings is 1. The molecule has 2 nitrogen and oxygen atoms in total. The summed E-state index contributed by atoms with van der Waals surface area (Å²) in [6.07, 6.45) is 6.78. The molecule has 0 aliphatic heterocycles. The summed E-state index contributed by atoms with van der Waals surface area (Å²) in [5.41, 5.74) is 1.24. The van der Waals surface area contributed by atoms with Crippen molar-refractivity contribution in [1.82, 2.24) is 5.32 Å². The van der Waals surface area contributed by atoms with Crippen molar-refractivity contribution in [2.24, 2.45) is 5.92 Å². The van der Waals surface area contributed by atoms with Crippen molar-refractivity contribution in [3.05, 3.63) is 28.2 Å². The summed E-state index contributed by atoms with van der Waals surface area (Å²) in [6, 6.07) is 6.64. The van der Waals surface area contributed by atoms with E-state index in [2.05, 4.69) is 53.3 Å². The molecule has 2 rings (SSSR count). The molecule has 0 spiro atoms. The molecule has 1 aromatic rings. The molecule has 1 aliphatic carbocycles. The van der Waals surface area contributed by atoms with Crippen LogP contribution in [0, 0.1) is 5.92 Å². The molecular formula is C17H26BrNO. The van der Waals surface area contributed by atoms with E-state index >= 15 is 0 Å². The fraction of sp³-hybridized carbons (Fsp3) is 0.647. The van der Waals surface area contributed by atoms with E-state index in [0.717, 1.165) is 10.2 Å². The maximum Gasteiger partial charge on any atom is 0.124 e. The SMILES string of the molecule is CCC1CCCCC1Oc1ccc(Br)cc1C(C)NC. The van der Waals surface area contributed by atoms with Crippen LogP contribution in [0.25, 0.3) is 0 Å². The minimum Gasteiger partial charge on any atom is -0.490 e. The van der Waals surface area contributed by atoms with Crippen LogP contribution in [0.5, 0.6) is 5.75 Å². The van der Waals surface area contributed by atoms with Gasteiger partial charge >= 0.3 is 0 Å². The predicted octanol–water partition coefficient (Wildman–Crippen LogP) is 5.08. The molecule has 1 fully saturated rings. The molecule has 0 bridgehead atoms. The summed E-state index contributed by atoms with van der Waals surface area (Å²) in [6.45, 7) is 4.46. The van der Waals surface area contributed by atoms with Crippen molar-refractivity contribution in [1.29, 1.82) is 0 Å². The van der Waals surface area contributed by atoms with Gasteiger partial charge in [0.15, 0.2) is 0 Å². The lowest BCUT2D eigenvalue weighted by atomic mass is 9.84. The molecule has 3 atom stereocenters. The highest BCUT2D eigenvalue weighted by Crippen LogP contribution is 2.34. The highest BCUT2D eigenvalue weighted by molar-refractivity contribution is 9.10. The predicted molar refractivity (Wildman–Crippen MR) is 88.3 cm³/mol. The average Bonchev–Trinajstić information content (AvgIpc) is 2.48. The van der Waals surface area contributed by atoms with Gasteiger partial charge in [-0.2, -0.15) is 0 Å². The van der Waals surface area contributed by atoms with Gasteiger partial charge < -0.3 is 10.1 Å². The van der Waals surface area contributed by atoms with Crippen molar-refractivity contribution in [2.75, 3.05) is 7.05 Å². The Morgan fingerprint density at radius 2 is 2.10 bits per heavy atom. The van der Waals surface area contributed by atoms with E-state index in [0.29, 0.717) is 18.1 Å². The smallest absolute Gasteiger partial charge is 0.124 e. The van der Waals surface area contributed by atoms with E-state index in [4.69, 9.17) is 4.74 Å². The summed E-state index contributed by atoms with van der Waals surface area (Å²) < 4.78 is 7.52. The van der Waals surface area contributed by atoms with Crippen molar-refractivity contribution in [3.63, 3.8) is 0 Å². The van der Waals surface area contributed by atoms with Crippen molar-refractivity contribution in [2.45, 2.75) is 58.1 Å². The van der Waals surface area contributed by atoms with Crippen LogP contribution in [0.1, 0.15) is 57.6 Å². The van der Waals surface area contributed by atoms with E-state index in [1.54, 1.807) is 0 Å². The molecule has 1 aromatic carbocycles. The zero-order chi connectivity index (χ0) is 14.5. The van der Waals surface area contributed by atoms with Gasteiger partial charge in [-0.05, 0) is 63.8 Å². The number of ether oxygens (including phenoxy) is 1. The van der Waals surface area contributed by atoms with Crippen LogP contribution in [-0.4, -0.2) is 13.2 Å². The van der Waals surface area contributed by atoms with Crippen LogP contribution < -0.4 is 10.1 Å². The molecule has 1 N–H and O–H groups in total. The molecule has 3 heteroatoms. The van der Waals surface area contributed by atoms with E-state index in [-0.39, 0.29) is 0 Å². The Hall–Kier alpha value is -0.540. The third-order valence-corrected chi connectivity index (χ3v) is 5.01. The van der Waals surface area contributed by atoms with Gasteiger partial charge in [0.1, 0.15) is 11.9 Å². The Bertz CT molecular complexity index is 435. The van der Waals surface area contributed by atoms with Gasteiger partial charge in [-0.15, -0.1) is 0 Å². The third kappa shape index (κ3) is 3.76. The fourth-order valence-corrected chi connectivity index (χ4v) is 3.46. The summed E-state index contributed by atoms with van der Waals surface area (Å²) in [7, 11) is 1.99. The number of nitrogens with one attached hydrogen (secondary N) is 1. The van der Waals surface area contributed by atoms with Gasteiger partial charge in [0, 0.05) is 16.1 Å². The summed E-state index contributed by atoms with van der Waals surface area (Å²) >= 11 is 3.56. The maximum absolute atomic E-state index is 6.41. The van der Waals surface area contributed by atoms with Gasteiger partial charge in [0.2, 0.25) is 0 Å². The number of halogens is 1. The normalized spacial score (nSPS) is 24.4. The zero-order valence-corrected chi connectivity index (χ0v) is 14.4. The van der Waals surface area contributed by atoms with Crippen LogP contribution in [0.15, 0.2) is 22.7 Å². The Morgan fingerprint density at radius 3 is 2.80 bits per heavy atom. The summed E-state index contributed by atoms with van der Waals surface area (Å²) in [4.78, 5) is 0. The highest BCUT2D eigenvalue weighted by Gasteiger charge is 2.26. The Morgan fingerprint density at radius 1 is 1.35 bits per heavy atom. The van der Waals surface area contributed by atoms with E-state index in [1.165, 1.54) is 37.7 Å². The maximum atomic E-state index is 6.41. The Kier molecular flexibility index (Phi) is 5.91. The Labute approximate surface area is 131 Å². The molecule has 0 aromatic heterocycles. The van der Waals surface area contributed by atoms with Gasteiger partial charge in [-0.1, -0.05) is 29.3 Å². The van der Waals surface area contributed by atoms with Crippen LogP contribution >= 0.6 is 15.9 Å². The zero-order valence-electron chi connectivity index (χ0n) is 12.8. The van der Waals surface area contributed by atoms with Crippen LogP contribution in [0.3, 0.4) is 0 Å². The fourth-order valence-electron chi connectivity index (χ4n) is 3.08. The van der Waals surface area contributed by atoms with Crippen LogP contribution in [0.2, 0.25) is 0 Å². The largest absolute Gasteiger partial charge is 0.490 e. The van der Waals surface area contributed by atoms with E-state index in [1.807, 2.05) is 7.05 Å². The quantitative estimate of drug-likeness (QED) is 0.807. The van der Waals surface area contributed by atoms with Gasteiger partial charge in [-0.3, -0.25) is 0 Å². The Balaban J connectivity index is 2.19. The molecule has 1 saturated carbocycles. The molecule has 20 heavy (non-hydrogen) atoms. The first-order chi connectivity index (χ1) is 9.65. The van der Waals surface area contributed by atoms with Crippen LogP contribution in [0.4, 0.5) is 0 Å². The topological polar surface area (TPSA) is 21.3 Å². The monoisotopic (exact) mass is 339 g/mol. The lowest BCUT2D eigenvalue weighted by molar-refractivity contribution is 0.0889. The third-order valence-electron chi connectivity index (χ3n) is 4.51. The van der Waals surface area contributed by atoms with Gasteiger partial charge in [-0.25, -0.2) is 0 Å². The van der Waals surface area contributed by atoms with Gasteiger partial charge in [0.05, 0.1) is 0 Å². The average molecular weight is 340 g/mol. The standard InChI is InChI=1S/C17H26BrNO/c1-4-13-7-5-6-8-16(13)20-17-10-9-14(18)11-15(17)12(2)19-3/h9-13,16,19H,4-8H2,1-3H3. The minimum atomic E-state index is 0.297. The minimum absolute atomic E-state index is 0.297. The second-order valence-electron chi connectivity index (χ2n) is 5.80. The molecular weight excluding hydrogens is 314 g/mol. The number of rotatable bonds is 5. The molecule has 112 valence electrons. The van der Waals surface area contributed by atoms with Crippen molar-refractivity contribution in [3.8, 4) is 5.75 Å². The number of hydrogen-bond acceptors (Lipinski definition) is 2. The molecule has 0 radical (unpaired) electrons. The highest BCUT2D eigenvalue weighted by atomic mass is 79.9. The number of hydrogen-bond donors (Lipinski definition) is 1. The first-order valence-electron chi connectivity index (χ1n) is 7.79. The molecule has 1 aliphatic rings. The molecule has 3 unspecified atom stereocenters. The van der Waals surface area contributed by atoms with E-state index in [9.17, 15) is 0 Å². The first-order valence-corrected chi connectivity index (χ1v) is 8.58. The molecule has 0 heterocycles. The summed E-state index contributed by atoms with van der Waals surface area (Å²) in [5, 5.41) is 3.31. The second-order valence-corrected chi connectivity index (χ2v) is 6.72. The lowest BCUT2D eigenvalue weighted by Crippen LogP contribution is -2.30. The first kappa shape index (κ1) is 15.8. The molecule has 0 saturated heterocycles. The van der Waals surface area contributed by atoms with E-state index < -0.39 is 0 Å².